The fourth-order valence-corrected chi connectivity index (χ4v) is 5.24. The van der Waals surface area contributed by atoms with Gasteiger partial charge in [0.05, 0.1) is 35.9 Å². The number of hydrogen-bond donors (Lipinski definition) is 1. The standard InChI is InChI=1S/C25H26Cl2N4OS.HI/c1-31(15-18-7-8-22(26)23(27)11-18)10-9-19(16-31)12-28-24(32)17-33-25-29-13-21(14-30-25)20-5-3-2-4-6-20;/h2-8,11,13-14,19H,9-10,12,15-17H2,1H3;1H. The number of quaternary nitrogens is 1. The average molecular weight is 629 g/mol. The van der Waals surface area contributed by atoms with Gasteiger partial charge >= 0.3 is 0 Å². The van der Waals surface area contributed by atoms with E-state index < -0.39 is 0 Å². The summed E-state index contributed by atoms with van der Waals surface area (Å²) in [5.74, 6) is 0.793. The molecule has 0 aliphatic carbocycles. The molecule has 5 nitrogen and oxygen atoms in total. The summed E-state index contributed by atoms with van der Waals surface area (Å²) >= 11 is 13.6. The van der Waals surface area contributed by atoms with Crippen molar-refractivity contribution in [3.8, 4) is 11.1 Å². The topological polar surface area (TPSA) is 54.9 Å². The second-order valence-corrected chi connectivity index (χ2v) is 10.6. The van der Waals surface area contributed by atoms with Gasteiger partial charge in [-0.3, -0.25) is 4.79 Å². The van der Waals surface area contributed by atoms with E-state index in [0.29, 0.717) is 33.4 Å². The van der Waals surface area contributed by atoms with Crippen LogP contribution in [-0.2, 0) is 11.3 Å². The molecular formula is C25H27Cl2IN4OS. The van der Waals surface area contributed by atoms with Gasteiger partial charge in [-0.25, -0.2) is 9.97 Å². The number of amides is 1. The van der Waals surface area contributed by atoms with Crippen LogP contribution in [0.1, 0.15) is 12.0 Å². The molecule has 2 unspecified atom stereocenters. The van der Waals surface area contributed by atoms with Gasteiger partial charge in [0.25, 0.3) is 0 Å². The fraction of sp³-hybridized carbons (Fsp3) is 0.320. The third-order valence-corrected chi connectivity index (χ3v) is 7.59. The normalized spacial score (nSPS) is 19.4. The first-order valence-corrected chi connectivity index (χ1v) is 12.7. The predicted molar refractivity (Wildman–Crippen MR) is 135 cm³/mol. The number of likely N-dealkylation sites (tertiary alicyclic amines) is 1. The van der Waals surface area contributed by atoms with E-state index in [2.05, 4.69) is 22.3 Å². The Labute approximate surface area is 232 Å². The minimum absolute atomic E-state index is 0. The number of nitrogens with zero attached hydrogens (tertiary/aromatic N) is 3. The number of halogens is 3. The van der Waals surface area contributed by atoms with Gasteiger partial charge in [-0.2, -0.15) is 0 Å². The predicted octanol–water partition coefficient (Wildman–Crippen LogP) is 2.33. The molecule has 0 spiro atoms. The van der Waals surface area contributed by atoms with Crippen molar-refractivity contribution < 1.29 is 33.3 Å². The van der Waals surface area contributed by atoms with E-state index >= 15 is 0 Å². The summed E-state index contributed by atoms with van der Waals surface area (Å²) < 4.78 is 0.939. The lowest BCUT2D eigenvalue weighted by atomic mass is 10.1. The Morgan fingerprint density at radius 3 is 2.53 bits per heavy atom. The average Bonchev–Trinajstić information content (AvgIpc) is 3.20. The molecule has 4 rings (SSSR count). The smallest absolute Gasteiger partial charge is 0.230 e. The van der Waals surface area contributed by atoms with Gasteiger partial charge in [-0.1, -0.05) is 71.4 Å². The number of hydrogen-bond acceptors (Lipinski definition) is 4. The van der Waals surface area contributed by atoms with Gasteiger partial charge in [-0.05, 0) is 17.7 Å². The molecule has 1 aromatic heterocycles. The van der Waals surface area contributed by atoms with E-state index in [1.165, 1.54) is 17.3 Å². The van der Waals surface area contributed by atoms with Crippen LogP contribution in [0, 0.1) is 5.92 Å². The highest BCUT2D eigenvalue weighted by atomic mass is 127. The van der Waals surface area contributed by atoms with Crippen molar-refractivity contribution in [2.75, 3.05) is 32.4 Å². The van der Waals surface area contributed by atoms with Crippen LogP contribution < -0.4 is 29.3 Å². The zero-order chi connectivity index (χ0) is 23.3. The zero-order valence-corrected chi connectivity index (χ0v) is 23.4. The van der Waals surface area contributed by atoms with Crippen molar-refractivity contribution in [1.82, 2.24) is 15.3 Å². The van der Waals surface area contributed by atoms with Crippen molar-refractivity contribution in [1.29, 1.82) is 0 Å². The van der Waals surface area contributed by atoms with E-state index in [1.807, 2.05) is 48.5 Å². The van der Waals surface area contributed by atoms with E-state index in [1.54, 1.807) is 12.4 Å². The lowest BCUT2D eigenvalue weighted by Gasteiger charge is -2.30. The Bertz CT molecular complexity index is 1100. The zero-order valence-electron chi connectivity index (χ0n) is 18.9. The molecule has 180 valence electrons. The Hall–Kier alpha value is -1.39. The molecule has 2 atom stereocenters. The third kappa shape index (κ3) is 7.55. The molecule has 1 fully saturated rings. The summed E-state index contributed by atoms with van der Waals surface area (Å²) in [5, 5.41) is 4.88. The number of benzene rings is 2. The summed E-state index contributed by atoms with van der Waals surface area (Å²) in [7, 11) is 2.26. The van der Waals surface area contributed by atoms with Crippen molar-refractivity contribution in [3.05, 3.63) is 76.5 Å². The second kappa shape index (κ2) is 12.5. The highest BCUT2D eigenvalue weighted by molar-refractivity contribution is 7.99. The van der Waals surface area contributed by atoms with Crippen molar-refractivity contribution in [2.24, 2.45) is 5.92 Å². The third-order valence-electron chi connectivity index (χ3n) is 5.98. The molecule has 9 heteroatoms. The van der Waals surface area contributed by atoms with Crippen molar-refractivity contribution in [2.45, 2.75) is 18.1 Å². The minimum atomic E-state index is 0. The Kier molecular flexibility index (Phi) is 10.0. The highest BCUT2D eigenvalue weighted by Crippen LogP contribution is 2.28. The minimum Gasteiger partial charge on any atom is -1.00 e. The van der Waals surface area contributed by atoms with Crippen LogP contribution >= 0.6 is 35.0 Å². The molecule has 3 aromatic rings. The van der Waals surface area contributed by atoms with E-state index in [0.717, 1.165) is 41.7 Å². The fourth-order valence-electron chi connectivity index (χ4n) is 4.30. The maximum atomic E-state index is 12.4. The molecule has 2 heterocycles. The summed E-state index contributed by atoms with van der Waals surface area (Å²) in [6.07, 6.45) is 4.69. The molecule has 0 radical (unpaired) electrons. The van der Waals surface area contributed by atoms with Crippen molar-refractivity contribution >= 4 is 40.9 Å². The number of carbonyl (C=O) groups is 1. The van der Waals surface area contributed by atoms with Crippen LogP contribution in [-0.4, -0.2) is 52.8 Å². The Morgan fingerprint density at radius 1 is 1.09 bits per heavy atom. The van der Waals surface area contributed by atoms with Crippen LogP contribution in [0.25, 0.3) is 11.1 Å². The van der Waals surface area contributed by atoms with E-state index in [9.17, 15) is 4.79 Å². The molecule has 0 saturated carbocycles. The maximum Gasteiger partial charge on any atom is 0.230 e. The molecule has 1 saturated heterocycles. The lowest BCUT2D eigenvalue weighted by molar-refractivity contribution is -0.912. The number of rotatable bonds is 8. The van der Waals surface area contributed by atoms with Crippen LogP contribution in [0.15, 0.2) is 66.1 Å². The molecule has 1 aliphatic rings. The molecule has 0 bridgehead atoms. The molecular weight excluding hydrogens is 602 g/mol. The lowest BCUT2D eigenvalue weighted by Crippen LogP contribution is -3.00. The first-order valence-electron chi connectivity index (χ1n) is 10.9. The number of aromatic nitrogens is 2. The van der Waals surface area contributed by atoms with Gasteiger partial charge in [0.15, 0.2) is 5.16 Å². The molecule has 2 aromatic carbocycles. The monoisotopic (exact) mass is 628 g/mol. The number of thioether (sulfide) groups is 1. The van der Waals surface area contributed by atoms with Gasteiger partial charge in [-0.15, -0.1) is 0 Å². The molecule has 1 aliphatic heterocycles. The second-order valence-electron chi connectivity index (χ2n) is 8.80. The number of carbonyl (C=O) groups excluding carboxylic acids is 1. The summed E-state index contributed by atoms with van der Waals surface area (Å²) in [5.41, 5.74) is 3.23. The Morgan fingerprint density at radius 2 is 1.82 bits per heavy atom. The highest BCUT2D eigenvalue weighted by Gasteiger charge is 2.34. The van der Waals surface area contributed by atoms with Gasteiger partial charge in [0.2, 0.25) is 5.91 Å². The molecule has 1 amide bonds. The molecule has 1 N–H and O–H groups in total. The van der Waals surface area contributed by atoms with Crippen molar-refractivity contribution in [3.63, 3.8) is 0 Å². The molecule has 34 heavy (non-hydrogen) atoms. The van der Waals surface area contributed by atoms with Crippen LogP contribution in [0.4, 0.5) is 0 Å². The van der Waals surface area contributed by atoms with E-state index in [-0.39, 0.29) is 29.9 Å². The van der Waals surface area contributed by atoms with Crippen LogP contribution in [0.2, 0.25) is 10.0 Å². The van der Waals surface area contributed by atoms with Crippen LogP contribution in [0.3, 0.4) is 0 Å². The summed E-state index contributed by atoms with van der Waals surface area (Å²) in [4.78, 5) is 21.1. The first-order chi connectivity index (χ1) is 15.9. The SMILES string of the molecule is C[N+]1(Cc2ccc(Cl)c(Cl)c2)CCC(CNC(=O)CSc2ncc(-c3ccccc3)cn2)C1.[I-]. The summed E-state index contributed by atoms with van der Waals surface area (Å²) in [6, 6.07) is 15.9. The van der Waals surface area contributed by atoms with E-state index in [4.69, 9.17) is 23.2 Å². The van der Waals surface area contributed by atoms with Gasteiger partial charge < -0.3 is 33.8 Å². The first kappa shape index (κ1) is 27.2. The quantitative estimate of drug-likeness (QED) is 0.180. The van der Waals surface area contributed by atoms with Crippen LogP contribution in [0.5, 0.6) is 0 Å². The maximum absolute atomic E-state index is 12.4. The van der Waals surface area contributed by atoms with Gasteiger partial charge in [0, 0.05) is 42.4 Å². The van der Waals surface area contributed by atoms with Gasteiger partial charge in [0.1, 0.15) is 6.54 Å². The summed E-state index contributed by atoms with van der Waals surface area (Å²) in [6.45, 7) is 3.71. The number of nitrogens with one attached hydrogen (secondary N) is 1. The largest absolute Gasteiger partial charge is 1.00 e. The Balaban J connectivity index is 0.00000324.